The minimum atomic E-state index is 0.183. The van der Waals surface area contributed by atoms with Crippen molar-refractivity contribution in [2.24, 2.45) is 0 Å². The van der Waals surface area contributed by atoms with Gasteiger partial charge in [-0.05, 0) is 35.8 Å². The van der Waals surface area contributed by atoms with Gasteiger partial charge in [0.05, 0.1) is 6.10 Å². The Bertz CT molecular complexity index is 394. The highest BCUT2D eigenvalue weighted by molar-refractivity contribution is 5.45. The molecule has 2 rings (SSSR count). The second-order valence-corrected chi connectivity index (χ2v) is 6.44. The molecule has 1 heteroatoms. The third-order valence-corrected chi connectivity index (χ3v) is 3.27. The van der Waals surface area contributed by atoms with Crippen molar-refractivity contribution in [2.45, 2.75) is 64.9 Å². The van der Waals surface area contributed by atoms with Gasteiger partial charge in [0.1, 0.15) is 5.75 Å². The van der Waals surface area contributed by atoms with Crippen molar-refractivity contribution in [1.29, 1.82) is 0 Å². The molecule has 0 aliphatic heterocycles. The van der Waals surface area contributed by atoms with Crippen LogP contribution in [0.4, 0.5) is 0 Å². The lowest BCUT2D eigenvalue weighted by Gasteiger charge is -2.26. The molecule has 1 aromatic carbocycles. The molecule has 1 aromatic rings. The summed E-state index contributed by atoms with van der Waals surface area (Å²) in [6, 6.07) is 6.50. The van der Waals surface area contributed by atoms with Gasteiger partial charge in [0, 0.05) is 5.56 Å². The molecule has 1 saturated carbocycles. The SMILES string of the molecule is CC(C)c1c(OC2CC2)cccc1C(C)(C)C. The summed E-state index contributed by atoms with van der Waals surface area (Å²) >= 11 is 0. The van der Waals surface area contributed by atoms with E-state index in [1.807, 2.05) is 0 Å². The van der Waals surface area contributed by atoms with E-state index in [0.717, 1.165) is 5.75 Å². The van der Waals surface area contributed by atoms with Gasteiger partial charge in [-0.15, -0.1) is 0 Å². The van der Waals surface area contributed by atoms with Crippen LogP contribution in [0.1, 0.15) is 64.5 Å². The van der Waals surface area contributed by atoms with Crippen LogP contribution in [-0.4, -0.2) is 6.10 Å². The van der Waals surface area contributed by atoms with Crippen LogP contribution in [0.2, 0.25) is 0 Å². The predicted molar refractivity (Wildman–Crippen MR) is 72.9 cm³/mol. The molecule has 0 aromatic heterocycles. The van der Waals surface area contributed by atoms with E-state index in [2.05, 4.69) is 52.8 Å². The van der Waals surface area contributed by atoms with E-state index in [4.69, 9.17) is 4.74 Å². The summed E-state index contributed by atoms with van der Waals surface area (Å²) in [6.45, 7) is 11.3. The monoisotopic (exact) mass is 232 g/mol. The molecule has 1 fully saturated rings. The number of hydrogen-bond acceptors (Lipinski definition) is 1. The van der Waals surface area contributed by atoms with E-state index in [1.165, 1.54) is 24.0 Å². The lowest BCUT2D eigenvalue weighted by atomic mass is 9.80. The molecular weight excluding hydrogens is 208 g/mol. The molecule has 1 aliphatic carbocycles. The molecule has 1 nitrogen and oxygen atoms in total. The van der Waals surface area contributed by atoms with Gasteiger partial charge in [-0.3, -0.25) is 0 Å². The Morgan fingerprint density at radius 3 is 2.29 bits per heavy atom. The van der Waals surface area contributed by atoms with Gasteiger partial charge in [0.25, 0.3) is 0 Å². The third-order valence-electron chi connectivity index (χ3n) is 3.27. The van der Waals surface area contributed by atoms with E-state index in [1.54, 1.807) is 0 Å². The fourth-order valence-electron chi connectivity index (χ4n) is 2.26. The standard InChI is InChI=1S/C16H24O/c1-11(2)15-13(16(3,4)5)7-6-8-14(15)17-12-9-10-12/h6-8,11-12H,9-10H2,1-5H3. The Kier molecular flexibility index (Phi) is 3.20. The van der Waals surface area contributed by atoms with E-state index in [9.17, 15) is 0 Å². The molecule has 0 unspecified atom stereocenters. The Hall–Kier alpha value is -0.980. The van der Waals surface area contributed by atoms with E-state index in [-0.39, 0.29) is 5.41 Å². The normalized spacial score (nSPS) is 16.4. The maximum absolute atomic E-state index is 6.05. The van der Waals surface area contributed by atoms with Crippen molar-refractivity contribution in [3.05, 3.63) is 29.3 Å². The fourth-order valence-corrected chi connectivity index (χ4v) is 2.26. The van der Waals surface area contributed by atoms with Crippen molar-refractivity contribution < 1.29 is 4.74 Å². The van der Waals surface area contributed by atoms with Crippen LogP contribution >= 0.6 is 0 Å². The zero-order valence-corrected chi connectivity index (χ0v) is 11.7. The topological polar surface area (TPSA) is 9.23 Å². The Balaban J connectivity index is 2.44. The van der Waals surface area contributed by atoms with Crippen molar-refractivity contribution >= 4 is 0 Å². The van der Waals surface area contributed by atoms with Crippen LogP contribution in [0.3, 0.4) is 0 Å². The average Bonchev–Trinajstić information content (AvgIpc) is 2.99. The summed E-state index contributed by atoms with van der Waals surface area (Å²) < 4.78 is 6.05. The summed E-state index contributed by atoms with van der Waals surface area (Å²) in [5.74, 6) is 1.62. The molecule has 1 aliphatic rings. The first-order valence-electron chi connectivity index (χ1n) is 6.69. The quantitative estimate of drug-likeness (QED) is 0.737. The molecule has 0 spiro atoms. The number of benzene rings is 1. The van der Waals surface area contributed by atoms with Gasteiger partial charge in [-0.2, -0.15) is 0 Å². The maximum Gasteiger partial charge on any atom is 0.123 e. The summed E-state index contributed by atoms with van der Waals surface area (Å²) in [6.07, 6.45) is 2.91. The average molecular weight is 232 g/mol. The maximum atomic E-state index is 6.05. The molecule has 0 heterocycles. The van der Waals surface area contributed by atoms with Crippen LogP contribution in [0.25, 0.3) is 0 Å². The third kappa shape index (κ3) is 2.83. The lowest BCUT2D eigenvalue weighted by molar-refractivity contribution is 0.297. The first-order valence-corrected chi connectivity index (χ1v) is 6.69. The highest BCUT2D eigenvalue weighted by atomic mass is 16.5. The van der Waals surface area contributed by atoms with E-state index < -0.39 is 0 Å². The van der Waals surface area contributed by atoms with Gasteiger partial charge in [-0.1, -0.05) is 46.8 Å². The molecule has 0 atom stereocenters. The summed E-state index contributed by atoms with van der Waals surface area (Å²) in [5, 5.41) is 0. The molecule has 0 bridgehead atoms. The molecule has 94 valence electrons. The van der Waals surface area contributed by atoms with E-state index in [0.29, 0.717) is 12.0 Å². The van der Waals surface area contributed by atoms with Crippen molar-refractivity contribution in [3.8, 4) is 5.75 Å². The van der Waals surface area contributed by atoms with Gasteiger partial charge in [0.15, 0.2) is 0 Å². The van der Waals surface area contributed by atoms with Crippen molar-refractivity contribution in [2.75, 3.05) is 0 Å². The largest absolute Gasteiger partial charge is 0.490 e. The highest BCUT2D eigenvalue weighted by Gasteiger charge is 2.27. The summed E-state index contributed by atoms with van der Waals surface area (Å²) in [5.41, 5.74) is 3.00. The van der Waals surface area contributed by atoms with Gasteiger partial charge >= 0.3 is 0 Å². The van der Waals surface area contributed by atoms with Crippen molar-refractivity contribution in [3.63, 3.8) is 0 Å². The zero-order valence-electron chi connectivity index (χ0n) is 11.7. The molecule has 17 heavy (non-hydrogen) atoms. The summed E-state index contributed by atoms with van der Waals surface area (Å²) in [7, 11) is 0. The zero-order chi connectivity index (χ0) is 12.6. The second kappa shape index (κ2) is 4.36. The molecule has 0 amide bonds. The number of rotatable bonds is 3. The molecular formula is C16H24O. The minimum absolute atomic E-state index is 0.183. The number of hydrogen-bond donors (Lipinski definition) is 0. The molecule has 0 N–H and O–H groups in total. The van der Waals surface area contributed by atoms with Gasteiger partial charge < -0.3 is 4.74 Å². The first-order chi connectivity index (χ1) is 7.89. The summed E-state index contributed by atoms with van der Waals surface area (Å²) in [4.78, 5) is 0. The Morgan fingerprint density at radius 2 is 1.82 bits per heavy atom. The number of ether oxygens (including phenoxy) is 1. The van der Waals surface area contributed by atoms with Crippen LogP contribution in [0.5, 0.6) is 5.75 Å². The van der Waals surface area contributed by atoms with Crippen molar-refractivity contribution in [1.82, 2.24) is 0 Å². The second-order valence-electron chi connectivity index (χ2n) is 6.44. The van der Waals surface area contributed by atoms with Gasteiger partial charge in [-0.25, -0.2) is 0 Å². The Morgan fingerprint density at radius 1 is 1.18 bits per heavy atom. The van der Waals surface area contributed by atoms with Crippen LogP contribution in [0.15, 0.2) is 18.2 Å². The predicted octanol–water partition coefficient (Wildman–Crippen LogP) is 4.65. The first kappa shape index (κ1) is 12.5. The minimum Gasteiger partial charge on any atom is -0.490 e. The van der Waals surface area contributed by atoms with E-state index >= 15 is 0 Å². The molecule has 0 saturated heterocycles. The Labute approximate surface area is 105 Å². The fraction of sp³-hybridized carbons (Fsp3) is 0.625. The van der Waals surface area contributed by atoms with Gasteiger partial charge in [0.2, 0.25) is 0 Å². The van der Waals surface area contributed by atoms with Crippen LogP contribution < -0.4 is 4.74 Å². The smallest absolute Gasteiger partial charge is 0.123 e. The van der Waals surface area contributed by atoms with Crippen LogP contribution in [-0.2, 0) is 5.41 Å². The molecule has 0 radical (unpaired) electrons. The highest BCUT2D eigenvalue weighted by Crippen LogP contribution is 2.39. The van der Waals surface area contributed by atoms with Crippen LogP contribution in [0, 0.1) is 0 Å². The lowest BCUT2D eigenvalue weighted by Crippen LogP contribution is -2.16.